The molecule has 0 aliphatic heterocycles. The first-order valence-electron chi connectivity index (χ1n) is 5.55. The standard InChI is InChI=1S/C14H10BrF3O/c15-8-4-5-13(18)10(6-8)14(19)7-9-11(16)2-1-3-12(9)17/h1-6,14,19H,7H2. The van der Waals surface area contributed by atoms with Crippen molar-refractivity contribution < 1.29 is 18.3 Å². The van der Waals surface area contributed by atoms with Crippen LogP contribution in [-0.4, -0.2) is 5.11 Å². The van der Waals surface area contributed by atoms with Gasteiger partial charge >= 0.3 is 0 Å². The van der Waals surface area contributed by atoms with Gasteiger partial charge in [0.15, 0.2) is 0 Å². The van der Waals surface area contributed by atoms with E-state index in [0.717, 1.165) is 12.1 Å². The highest BCUT2D eigenvalue weighted by molar-refractivity contribution is 9.10. The maximum atomic E-state index is 13.6. The normalized spacial score (nSPS) is 12.5. The Balaban J connectivity index is 2.31. The summed E-state index contributed by atoms with van der Waals surface area (Å²) in [4.78, 5) is 0. The molecular formula is C14H10BrF3O. The molecule has 1 atom stereocenters. The van der Waals surface area contributed by atoms with Crippen molar-refractivity contribution >= 4 is 15.9 Å². The van der Waals surface area contributed by atoms with E-state index >= 15 is 0 Å². The minimum absolute atomic E-state index is 0.00275. The average Bonchev–Trinajstić information content (AvgIpc) is 2.37. The van der Waals surface area contributed by atoms with Gasteiger partial charge in [-0.2, -0.15) is 0 Å². The molecule has 0 aromatic heterocycles. The van der Waals surface area contributed by atoms with Gasteiger partial charge in [-0.3, -0.25) is 0 Å². The molecule has 0 radical (unpaired) electrons. The molecule has 1 N–H and O–H groups in total. The molecule has 0 fully saturated rings. The summed E-state index contributed by atoms with van der Waals surface area (Å²) in [5, 5.41) is 9.93. The monoisotopic (exact) mass is 330 g/mol. The van der Waals surface area contributed by atoms with E-state index in [1.807, 2.05) is 0 Å². The highest BCUT2D eigenvalue weighted by Crippen LogP contribution is 2.26. The highest BCUT2D eigenvalue weighted by atomic mass is 79.9. The summed E-state index contributed by atoms with van der Waals surface area (Å²) in [7, 11) is 0. The van der Waals surface area contributed by atoms with E-state index in [1.165, 1.54) is 24.3 Å². The first-order chi connectivity index (χ1) is 8.99. The number of rotatable bonds is 3. The van der Waals surface area contributed by atoms with Crippen LogP contribution >= 0.6 is 15.9 Å². The Kier molecular flexibility index (Phi) is 4.27. The average molecular weight is 331 g/mol. The molecule has 100 valence electrons. The van der Waals surface area contributed by atoms with Gasteiger partial charge in [0.25, 0.3) is 0 Å². The van der Waals surface area contributed by atoms with Crippen LogP contribution in [0, 0.1) is 17.5 Å². The van der Waals surface area contributed by atoms with Gasteiger partial charge in [-0.1, -0.05) is 22.0 Å². The van der Waals surface area contributed by atoms with Crippen molar-refractivity contribution in [1.82, 2.24) is 0 Å². The lowest BCUT2D eigenvalue weighted by molar-refractivity contribution is 0.171. The minimum Gasteiger partial charge on any atom is -0.388 e. The molecule has 0 aliphatic carbocycles. The molecule has 0 saturated heterocycles. The van der Waals surface area contributed by atoms with Crippen LogP contribution in [0.1, 0.15) is 17.2 Å². The summed E-state index contributed by atoms with van der Waals surface area (Å²) in [5.74, 6) is -2.13. The van der Waals surface area contributed by atoms with Crippen LogP contribution in [-0.2, 0) is 6.42 Å². The predicted octanol–water partition coefficient (Wildman–Crippen LogP) is 4.14. The van der Waals surface area contributed by atoms with E-state index in [4.69, 9.17) is 0 Å². The highest BCUT2D eigenvalue weighted by Gasteiger charge is 2.18. The van der Waals surface area contributed by atoms with Crippen LogP contribution in [0.2, 0.25) is 0 Å². The molecule has 0 heterocycles. The lowest BCUT2D eigenvalue weighted by Crippen LogP contribution is -2.07. The SMILES string of the molecule is OC(Cc1c(F)cccc1F)c1cc(Br)ccc1F. The van der Waals surface area contributed by atoms with Crippen molar-refractivity contribution in [3.05, 3.63) is 69.4 Å². The summed E-state index contributed by atoms with van der Waals surface area (Å²) in [6.45, 7) is 0. The molecule has 1 unspecified atom stereocenters. The van der Waals surface area contributed by atoms with Crippen LogP contribution in [0.25, 0.3) is 0 Å². The van der Waals surface area contributed by atoms with Crippen molar-refractivity contribution in [2.75, 3.05) is 0 Å². The Morgan fingerprint density at radius 2 is 1.63 bits per heavy atom. The van der Waals surface area contributed by atoms with Gasteiger partial charge in [0.2, 0.25) is 0 Å². The van der Waals surface area contributed by atoms with Crippen molar-refractivity contribution in [3.63, 3.8) is 0 Å². The quantitative estimate of drug-likeness (QED) is 0.896. The number of hydrogen-bond acceptors (Lipinski definition) is 1. The molecule has 2 rings (SSSR count). The number of aliphatic hydroxyl groups excluding tert-OH is 1. The van der Waals surface area contributed by atoms with Gasteiger partial charge in [0, 0.05) is 22.0 Å². The smallest absolute Gasteiger partial charge is 0.129 e. The van der Waals surface area contributed by atoms with Gasteiger partial charge in [-0.05, 0) is 30.3 Å². The largest absolute Gasteiger partial charge is 0.388 e. The third kappa shape index (κ3) is 3.16. The van der Waals surface area contributed by atoms with E-state index in [9.17, 15) is 18.3 Å². The molecule has 2 aromatic carbocycles. The van der Waals surface area contributed by atoms with Gasteiger partial charge in [0.1, 0.15) is 17.5 Å². The maximum absolute atomic E-state index is 13.6. The van der Waals surface area contributed by atoms with E-state index < -0.39 is 23.6 Å². The second-order valence-electron chi connectivity index (χ2n) is 4.09. The Morgan fingerprint density at radius 3 is 2.26 bits per heavy atom. The van der Waals surface area contributed by atoms with Gasteiger partial charge in [-0.15, -0.1) is 0 Å². The Labute approximate surface area is 116 Å². The Morgan fingerprint density at radius 1 is 1.00 bits per heavy atom. The zero-order valence-corrected chi connectivity index (χ0v) is 11.3. The Hall–Kier alpha value is -1.33. The lowest BCUT2D eigenvalue weighted by atomic mass is 10.0. The second-order valence-corrected chi connectivity index (χ2v) is 5.00. The van der Waals surface area contributed by atoms with Crippen molar-refractivity contribution in [2.24, 2.45) is 0 Å². The molecule has 2 aromatic rings. The minimum atomic E-state index is -1.32. The number of halogens is 4. The summed E-state index contributed by atoms with van der Waals surface area (Å²) >= 11 is 3.15. The number of hydrogen-bond donors (Lipinski definition) is 1. The zero-order chi connectivity index (χ0) is 14.0. The molecule has 0 bridgehead atoms. The van der Waals surface area contributed by atoms with Gasteiger partial charge in [-0.25, -0.2) is 13.2 Å². The van der Waals surface area contributed by atoms with E-state index in [1.54, 1.807) is 0 Å². The first kappa shape index (κ1) is 14.1. The maximum Gasteiger partial charge on any atom is 0.129 e. The topological polar surface area (TPSA) is 20.2 Å². The molecule has 1 nitrogen and oxygen atoms in total. The third-order valence-electron chi connectivity index (χ3n) is 2.78. The van der Waals surface area contributed by atoms with Crippen molar-refractivity contribution in [3.8, 4) is 0 Å². The van der Waals surface area contributed by atoms with E-state index in [-0.39, 0.29) is 17.5 Å². The second kappa shape index (κ2) is 5.75. The van der Waals surface area contributed by atoms with Crippen LogP contribution in [0.15, 0.2) is 40.9 Å². The number of benzene rings is 2. The molecule has 5 heteroatoms. The molecule has 19 heavy (non-hydrogen) atoms. The summed E-state index contributed by atoms with van der Waals surface area (Å²) in [6.07, 6.45) is -1.64. The summed E-state index contributed by atoms with van der Waals surface area (Å²) in [5.41, 5.74) is -0.258. The molecule has 0 saturated carbocycles. The van der Waals surface area contributed by atoms with Crippen molar-refractivity contribution in [1.29, 1.82) is 0 Å². The fourth-order valence-corrected chi connectivity index (χ4v) is 2.18. The fourth-order valence-electron chi connectivity index (χ4n) is 1.80. The lowest BCUT2D eigenvalue weighted by Gasteiger charge is -2.13. The summed E-state index contributed by atoms with van der Waals surface area (Å²) < 4.78 is 41.0. The molecular weight excluding hydrogens is 321 g/mol. The van der Waals surface area contributed by atoms with Crippen LogP contribution in [0.3, 0.4) is 0 Å². The van der Waals surface area contributed by atoms with E-state index in [2.05, 4.69) is 15.9 Å². The predicted molar refractivity (Wildman–Crippen MR) is 69.1 cm³/mol. The molecule has 0 aliphatic rings. The summed E-state index contributed by atoms with van der Waals surface area (Å²) in [6, 6.07) is 7.49. The van der Waals surface area contributed by atoms with Gasteiger partial charge < -0.3 is 5.11 Å². The Bertz CT molecular complexity index is 581. The molecule has 0 spiro atoms. The van der Waals surface area contributed by atoms with Crippen molar-refractivity contribution in [2.45, 2.75) is 12.5 Å². The third-order valence-corrected chi connectivity index (χ3v) is 3.27. The van der Waals surface area contributed by atoms with Crippen LogP contribution in [0.4, 0.5) is 13.2 Å². The number of aliphatic hydroxyl groups is 1. The molecule has 0 amide bonds. The van der Waals surface area contributed by atoms with Crippen LogP contribution in [0.5, 0.6) is 0 Å². The van der Waals surface area contributed by atoms with Crippen LogP contribution < -0.4 is 0 Å². The van der Waals surface area contributed by atoms with Gasteiger partial charge in [0.05, 0.1) is 6.10 Å². The van der Waals surface area contributed by atoms with E-state index in [0.29, 0.717) is 4.47 Å². The fraction of sp³-hybridized carbons (Fsp3) is 0.143. The first-order valence-corrected chi connectivity index (χ1v) is 6.34. The zero-order valence-electron chi connectivity index (χ0n) is 9.71.